The molecule has 3 fully saturated rings. The van der Waals surface area contributed by atoms with E-state index in [1.165, 1.54) is 12.8 Å². The summed E-state index contributed by atoms with van der Waals surface area (Å²) in [6.45, 7) is 7.98. The van der Waals surface area contributed by atoms with E-state index >= 15 is 0 Å². The molecular weight excluding hydrogens is 226 g/mol. The molecule has 0 radical (unpaired) electrons. The van der Waals surface area contributed by atoms with E-state index in [1.54, 1.807) is 0 Å². The summed E-state index contributed by atoms with van der Waals surface area (Å²) in [5.74, 6) is 0.721. The second kappa shape index (κ2) is 3.96. The molecule has 0 spiro atoms. The van der Waals surface area contributed by atoms with Crippen LogP contribution in [0.4, 0.5) is 0 Å². The summed E-state index contributed by atoms with van der Waals surface area (Å²) in [6.07, 6.45) is 5.76. The maximum atomic E-state index is 12.1. The number of esters is 1. The van der Waals surface area contributed by atoms with Crippen LogP contribution >= 0.6 is 0 Å². The number of ether oxygens (including phenoxy) is 1. The minimum atomic E-state index is -0.0455. The van der Waals surface area contributed by atoms with Crippen LogP contribution in [0.3, 0.4) is 0 Å². The van der Waals surface area contributed by atoms with Gasteiger partial charge in [0.25, 0.3) is 0 Å². The van der Waals surface area contributed by atoms with Crippen molar-refractivity contribution >= 4 is 5.97 Å². The van der Waals surface area contributed by atoms with Crippen LogP contribution in [0, 0.1) is 16.7 Å². The normalized spacial score (nSPS) is 45.4. The van der Waals surface area contributed by atoms with Crippen molar-refractivity contribution in [3.63, 3.8) is 0 Å². The molecule has 2 bridgehead atoms. The number of hydrogen-bond donors (Lipinski definition) is 1. The van der Waals surface area contributed by atoms with Gasteiger partial charge in [-0.3, -0.25) is 4.79 Å². The zero-order valence-corrected chi connectivity index (χ0v) is 11.8. The second-order valence-electron chi connectivity index (χ2n) is 7.18. The molecular formula is C15H25NO2. The Morgan fingerprint density at radius 2 is 2.06 bits per heavy atom. The monoisotopic (exact) mass is 251 g/mol. The number of hydrogen-bond acceptors (Lipinski definition) is 3. The van der Waals surface area contributed by atoms with Crippen molar-refractivity contribution in [2.24, 2.45) is 16.7 Å². The first-order valence-corrected chi connectivity index (χ1v) is 7.39. The van der Waals surface area contributed by atoms with Crippen molar-refractivity contribution in [3.05, 3.63) is 0 Å². The quantitative estimate of drug-likeness (QED) is 0.766. The molecule has 3 heteroatoms. The molecule has 4 atom stereocenters. The van der Waals surface area contributed by atoms with E-state index in [2.05, 4.69) is 26.1 Å². The fraction of sp³-hybridized carbons (Fsp3) is 0.933. The molecule has 1 aliphatic heterocycles. The third-order valence-electron chi connectivity index (χ3n) is 6.32. The molecule has 1 heterocycles. The van der Waals surface area contributed by atoms with Gasteiger partial charge < -0.3 is 10.1 Å². The lowest BCUT2D eigenvalue weighted by Crippen LogP contribution is -2.42. The zero-order valence-electron chi connectivity index (χ0n) is 11.8. The van der Waals surface area contributed by atoms with Crippen LogP contribution in [0.15, 0.2) is 0 Å². The van der Waals surface area contributed by atoms with Crippen molar-refractivity contribution in [3.8, 4) is 0 Å². The van der Waals surface area contributed by atoms with Gasteiger partial charge in [-0.05, 0) is 50.0 Å². The van der Waals surface area contributed by atoms with Crippen molar-refractivity contribution in [1.29, 1.82) is 0 Å². The van der Waals surface area contributed by atoms with Crippen LogP contribution in [0.5, 0.6) is 0 Å². The standard InChI is InChI=1S/C15H25NO2/c1-14(2)10-6-7-15(14,3)12(9-10)18-13(17)11-5-4-8-16-11/h10-12,16H,4-9H2,1-3H3/t10?,11-,12?,15?/m0/s1. The van der Waals surface area contributed by atoms with Gasteiger partial charge in [-0.1, -0.05) is 20.8 Å². The fourth-order valence-corrected chi connectivity index (χ4v) is 4.42. The van der Waals surface area contributed by atoms with E-state index in [1.807, 2.05) is 0 Å². The molecule has 3 nitrogen and oxygen atoms in total. The summed E-state index contributed by atoms with van der Waals surface area (Å²) in [5, 5.41) is 3.23. The Hall–Kier alpha value is -0.570. The van der Waals surface area contributed by atoms with Crippen molar-refractivity contribution in [1.82, 2.24) is 5.32 Å². The maximum absolute atomic E-state index is 12.1. The van der Waals surface area contributed by atoms with Gasteiger partial charge in [0, 0.05) is 5.41 Å². The molecule has 1 N–H and O–H groups in total. The molecule has 3 aliphatic rings. The SMILES string of the molecule is CC1(C)C2CCC1(C)C(OC(=O)[C@@H]1CCCN1)C2. The van der Waals surface area contributed by atoms with E-state index in [-0.39, 0.29) is 23.5 Å². The number of carbonyl (C=O) groups excluding carboxylic acids is 1. The third-order valence-corrected chi connectivity index (χ3v) is 6.32. The number of fused-ring (bicyclic) bond motifs is 2. The van der Waals surface area contributed by atoms with Gasteiger partial charge in [-0.15, -0.1) is 0 Å². The molecule has 0 aromatic rings. The number of carbonyl (C=O) groups is 1. The summed E-state index contributed by atoms with van der Waals surface area (Å²) in [7, 11) is 0. The highest BCUT2D eigenvalue weighted by Gasteiger charge is 2.63. The van der Waals surface area contributed by atoms with Crippen molar-refractivity contribution in [2.75, 3.05) is 6.54 Å². The van der Waals surface area contributed by atoms with Gasteiger partial charge in [-0.25, -0.2) is 0 Å². The van der Waals surface area contributed by atoms with Gasteiger partial charge in [0.15, 0.2) is 0 Å². The number of nitrogens with one attached hydrogen (secondary N) is 1. The molecule has 3 unspecified atom stereocenters. The Morgan fingerprint density at radius 1 is 1.28 bits per heavy atom. The van der Waals surface area contributed by atoms with Gasteiger partial charge in [0.05, 0.1) is 0 Å². The van der Waals surface area contributed by atoms with Gasteiger partial charge >= 0.3 is 5.97 Å². The lowest BCUT2D eigenvalue weighted by molar-refractivity contribution is -0.159. The highest BCUT2D eigenvalue weighted by Crippen LogP contribution is 2.66. The molecule has 2 aliphatic carbocycles. The van der Waals surface area contributed by atoms with E-state index in [9.17, 15) is 4.79 Å². The Bertz CT molecular complexity index is 360. The van der Waals surface area contributed by atoms with Gasteiger partial charge in [0.2, 0.25) is 0 Å². The van der Waals surface area contributed by atoms with Crippen LogP contribution in [0.1, 0.15) is 52.9 Å². The van der Waals surface area contributed by atoms with Crippen LogP contribution in [0.25, 0.3) is 0 Å². The molecule has 3 rings (SSSR count). The largest absolute Gasteiger partial charge is 0.461 e. The molecule has 18 heavy (non-hydrogen) atoms. The number of rotatable bonds is 2. The smallest absolute Gasteiger partial charge is 0.323 e. The van der Waals surface area contributed by atoms with Crippen molar-refractivity contribution in [2.45, 2.75) is 65.0 Å². The average molecular weight is 251 g/mol. The first-order valence-electron chi connectivity index (χ1n) is 7.39. The Morgan fingerprint density at radius 3 is 2.56 bits per heavy atom. The molecule has 0 amide bonds. The molecule has 0 aromatic heterocycles. The van der Waals surface area contributed by atoms with E-state index < -0.39 is 0 Å². The van der Waals surface area contributed by atoms with Crippen LogP contribution in [0.2, 0.25) is 0 Å². The minimum absolute atomic E-state index is 0.0120. The topological polar surface area (TPSA) is 38.3 Å². The third kappa shape index (κ3) is 1.56. The van der Waals surface area contributed by atoms with E-state index in [0.717, 1.165) is 31.7 Å². The van der Waals surface area contributed by atoms with E-state index in [4.69, 9.17) is 4.74 Å². The Balaban J connectivity index is 1.70. The fourth-order valence-electron chi connectivity index (χ4n) is 4.42. The summed E-state index contributed by atoms with van der Waals surface area (Å²) < 4.78 is 5.87. The Kier molecular flexibility index (Phi) is 2.74. The summed E-state index contributed by atoms with van der Waals surface area (Å²) >= 11 is 0. The lowest BCUT2D eigenvalue weighted by Gasteiger charge is -2.38. The predicted molar refractivity (Wildman–Crippen MR) is 70.1 cm³/mol. The highest BCUT2D eigenvalue weighted by molar-refractivity contribution is 5.76. The maximum Gasteiger partial charge on any atom is 0.323 e. The summed E-state index contributed by atoms with van der Waals surface area (Å²) in [5.41, 5.74) is 0.507. The van der Waals surface area contributed by atoms with Gasteiger partial charge in [-0.2, -0.15) is 0 Å². The molecule has 102 valence electrons. The first-order chi connectivity index (χ1) is 8.45. The van der Waals surface area contributed by atoms with Crippen LogP contribution in [-0.4, -0.2) is 24.7 Å². The highest BCUT2D eigenvalue weighted by atomic mass is 16.5. The van der Waals surface area contributed by atoms with Gasteiger partial charge in [0.1, 0.15) is 12.1 Å². The minimum Gasteiger partial charge on any atom is -0.461 e. The summed E-state index contributed by atoms with van der Waals surface area (Å²) in [6, 6.07) is -0.0455. The van der Waals surface area contributed by atoms with E-state index in [0.29, 0.717) is 5.41 Å². The zero-order chi connectivity index (χ0) is 13.0. The molecule has 2 saturated carbocycles. The first kappa shape index (κ1) is 12.5. The Labute approximate surface area is 110 Å². The average Bonchev–Trinajstić information content (AvgIpc) is 2.95. The summed E-state index contributed by atoms with van der Waals surface area (Å²) in [4.78, 5) is 12.1. The predicted octanol–water partition coefficient (Wildman–Crippen LogP) is 2.50. The lowest BCUT2D eigenvalue weighted by atomic mass is 9.70. The molecule has 0 aromatic carbocycles. The van der Waals surface area contributed by atoms with Crippen LogP contribution < -0.4 is 5.32 Å². The molecule has 1 saturated heterocycles. The van der Waals surface area contributed by atoms with Crippen molar-refractivity contribution < 1.29 is 9.53 Å². The van der Waals surface area contributed by atoms with Crippen LogP contribution in [-0.2, 0) is 9.53 Å². The second-order valence-corrected chi connectivity index (χ2v) is 7.18.